The first-order chi connectivity index (χ1) is 11.9. The van der Waals surface area contributed by atoms with Crippen LogP contribution < -0.4 is 0 Å². The smallest absolute Gasteiger partial charge is 0.227 e. The third-order valence-electron chi connectivity index (χ3n) is 5.40. The molecular weight excluding hydrogens is 328 g/mol. The Morgan fingerprint density at radius 3 is 2.72 bits per heavy atom. The molecule has 2 aliphatic rings. The number of hydrogen-bond donors (Lipinski definition) is 1. The van der Waals surface area contributed by atoms with Crippen molar-refractivity contribution < 1.29 is 23.4 Å². The van der Waals surface area contributed by atoms with Gasteiger partial charge in [0.05, 0.1) is 24.2 Å². The van der Waals surface area contributed by atoms with Crippen LogP contribution in [0, 0.1) is 11.6 Å². The van der Waals surface area contributed by atoms with Crippen LogP contribution in [0.5, 0.6) is 0 Å². The average Bonchev–Trinajstić information content (AvgIpc) is 2.57. The lowest BCUT2D eigenvalue weighted by Crippen LogP contribution is -2.53. The summed E-state index contributed by atoms with van der Waals surface area (Å²) in [5, 5.41) is 10.1. The van der Waals surface area contributed by atoms with Gasteiger partial charge < -0.3 is 14.7 Å². The molecule has 0 saturated carbocycles. The van der Waals surface area contributed by atoms with Crippen molar-refractivity contribution in [2.24, 2.45) is 0 Å². The predicted octanol–water partition coefficient (Wildman–Crippen LogP) is 2.82. The first-order valence-corrected chi connectivity index (χ1v) is 8.98. The summed E-state index contributed by atoms with van der Waals surface area (Å²) in [7, 11) is 0. The summed E-state index contributed by atoms with van der Waals surface area (Å²) in [6, 6.07) is 3.29. The Morgan fingerprint density at radius 1 is 1.36 bits per heavy atom. The lowest BCUT2D eigenvalue weighted by atomic mass is 9.81. The molecule has 2 aliphatic heterocycles. The van der Waals surface area contributed by atoms with Crippen LogP contribution >= 0.6 is 0 Å². The van der Waals surface area contributed by atoms with Crippen molar-refractivity contribution in [1.82, 2.24) is 4.90 Å². The number of aliphatic hydroxyl groups is 1. The number of ether oxygens (including phenoxy) is 1. The minimum atomic E-state index is -0.689. The van der Waals surface area contributed by atoms with Crippen molar-refractivity contribution in [1.29, 1.82) is 0 Å². The molecule has 4 nitrogen and oxygen atoms in total. The second kappa shape index (κ2) is 7.38. The van der Waals surface area contributed by atoms with Gasteiger partial charge in [-0.15, -0.1) is 0 Å². The summed E-state index contributed by atoms with van der Waals surface area (Å²) in [5.41, 5.74) is -0.141. The van der Waals surface area contributed by atoms with Gasteiger partial charge in [0.1, 0.15) is 11.6 Å². The van der Waals surface area contributed by atoms with E-state index in [1.165, 1.54) is 12.1 Å². The number of amides is 1. The number of hydrogen-bond acceptors (Lipinski definition) is 3. The molecule has 2 atom stereocenters. The highest BCUT2D eigenvalue weighted by molar-refractivity contribution is 5.79. The quantitative estimate of drug-likeness (QED) is 0.909. The summed E-state index contributed by atoms with van der Waals surface area (Å²) in [6.45, 7) is 3.11. The van der Waals surface area contributed by atoms with E-state index in [-0.39, 0.29) is 35.7 Å². The number of halogens is 2. The number of aliphatic hydroxyl groups excluding tert-OH is 1. The molecule has 1 amide bonds. The highest BCUT2D eigenvalue weighted by Gasteiger charge is 2.43. The molecule has 25 heavy (non-hydrogen) atoms. The zero-order valence-corrected chi connectivity index (χ0v) is 14.5. The van der Waals surface area contributed by atoms with Crippen molar-refractivity contribution in [2.75, 3.05) is 13.1 Å². The minimum Gasteiger partial charge on any atom is -0.393 e. The second-order valence-electron chi connectivity index (χ2n) is 7.22. The van der Waals surface area contributed by atoms with Crippen LogP contribution in [0.4, 0.5) is 8.78 Å². The Bertz CT molecular complexity index is 629. The standard InChI is InChI=1S/C19H25F2NO3/c1-2-16-11-15(23)12-19(25-16)5-7-22(8-6-19)18(24)9-13-3-4-14(20)10-17(13)21/h3-4,10,15-16,23H,2,5-9,11-12H2,1H3/t15-,16+/m1/s1. The number of rotatable bonds is 3. The number of likely N-dealkylation sites (tertiary alicyclic amines) is 1. The molecule has 6 heteroatoms. The van der Waals surface area contributed by atoms with Gasteiger partial charge in [-0.3, -0.25) is 4.79 Å². The van der Waals surface area contributed by atoms with E-state index >= 15 is 0 Å². The van der Waals surface area contributed by atoms with Crippen LogP contribution in [0.2, 0.25) is 0 Å². The molecule has 0 unspecified atom stereocenters. The molecule has 0 aromatic heterocycles. The van der Waals surface area contributed by atoms with Crippen molar-refractivity contribution in [3.63, 3.8) is 0 Å². The third kappa shape index (κ3) is 4.18. The van der Waals surface area contributed by atoms with E-state index in [0.717, 1.165) is 12.5 Å². The lowest BCUT2D eigenvalue weighted by molar-refractivity contribution is -0.183. The number of carbonyl (C=O) groups excluding carboxylic acids is 1. The molecule has 0 radical (unpaired) electrons. The Labute approximate surface area is 146 Å². The zero-order valence-electron chi connectivity index (χ0n) is 14.5. The number of nitrogens with zero attached hydrogens (tertiary/aromatic N) is 1. The van der Waals surface area contributed by atoms with Crippen LogP contribution in [0.3, 0.4) is 0 Å². The van der Waals surface area contributed by atoms with Crippen molar-refractivity contribution in [3.8, 4) is 0 Å². The van der Waals surface area contributed by atoms with E-state index < -0.39 is 11.6 Å². The van der Waals surface area contributed by atoms with Crippen LogP contribution in [0.25, 0.3) is 0 Å². The van der Waals surface area contributed by atoms with Gasteiger partial charge in [0.25, 0.3) is 0 Å². The predicted molar refractivity (Wildman–Crippen MR) is 89.0 cm³/mol. The third-order valence-corrected chi connectivity index (χ3v) is 5.40. The van der Waals surface area contributed by atoms with Crippen LogP contribution in [-0.2, 0) is 16.0 Å². The van der Waals surface area contributed by atoms with Crippen LogP contribution in [0.1, 0.15) is 44.6 Å². The molecule has 3 rings (SSSR count). The molecule has 2 heterocycles. The van der Waals surface area contributed by atoms with Gasteiger partial charge >= 0.3 is 0 Å². The summed E-state index contributed by atoms with van der Waals surface area (Å²) in [4.78, 5) is 14.1. The molecule has 2 fully saturated rings. The van der Waals surface area contributed by atoms with Crippen molar-refractivity contribution >= 4 is 5.91 Å². The molecule has 0 bridgehead atoms. The van der Waals surface area contributed by atoms with E-state index in [1.54, 1.807) is 4.90 Å². The maximum Gasteiger partial charge on any atom is 0.227 e. The lowest BCUT2D eigenvalue weighted by Gasteiger charge is -2.47. The monoisotopic (exact) mass is 353 g/mol. The maximum absolute atomic E-state index is 13.7. The van der Waals surface area contributed by atoms with Crippen molar-refractivity contribution in [2.45, 2.75) is 63.3 Å². The average molecular weight is 353 g/mol. The van der Waals surface area contributed by atoms with Gasteiger partial charge in [-0.2, -0.15) is 0 Å². The Hall–Kier alpha value is -1.53. The normalized spacial score (nSPS) is 26.0. The van der Waals surface area contributed by atoms with Gasteiger partial charge in [0, 0.05) is 25.6 Å². The Kier molecular flexibility index (Phi) is 5.39. The van der Waals surface area contributed by atoms with Gasteiger partial charge in [0.15, 0.2) is 0 Å². The Morgan fingerprint density at radius 2 is 2.08 bits per heavy atom. The van der Waals surface area contributed by atoms with Crippen molar-refractivity contribution in [3.05, 3.63) is 35.4 Å². The summed E-state index contributed by atoms with van der Waals surface area (Å²) in [6.07, 6.45) is 3.15. The number of carbonyl (C=O) groups is 1. The molecule has 1 aromatic rings. The van der Waals surface area contributed by atoms with Gasteiger partial charge in [-0.25, -0.2) is 8.78 Å². The first-order valence-electron chi connectivity index (χ1n) is 8.98. The van der Waals surface area contributed by atoms with Gasteiger partial charge in [0.2, 0.25) is 5.91 Å². The Balaban J connectivity index is 1.59. The molecule has 1 spiro atoms. The van der Waals surface area contributed by atoms with E-state index in [1.807, 2.05) is 6.92 Å². The molecule has 1 aromatic carbocycles. The van der Waals surface area contributed by atoms with Gasteiger partial charge in [-0.1, -0.05) is 13.0 Å². The summed E-state index contributed by atoms with van der Waals surface area (Å²) >= 11 is 0. The van der Waals surface area contributed by atoms with E-state index in [0.29, 0.717) is 38.8 Å². The second-order valence-corrected chi connectivity index (χ2v) is 7.22. The highest BCUT2D eigenvalue weighted by Crippen LogP contribution is 2.38. The van der Waals surface area contributed by atoms with Crippen LogP contribution in [0.15, 0.2) is 18.2 Å². The molecule has 1 N–H and O–H groups in total. The van der Waals surface area contributed by atoms with E-state index in [4.69, 9.17) is 4.74 Å². The number of benzene rings is 1. The highest BCUT2D eigenvalue weighted by atomic mass is 19.1. The molecular formula is C19H25F2NO3. The zero-order chi connectivity index (χ0) is 18.0. The molecule has 0 aliphatic carbocycles. The largest absolute Gasteiger partial charge is 0.393 e. The van der Waals surface area contributed by atoms with E-state index in [9.17, 15) is 18.7 Å². The summed E-state index contributed by atoms with van der Waals surface area (Å²) < 4.78 is 32.9. The first kappa shape index (κ1) is 18.3. The molecule has 138 valence electrons. The van der Waals surface area contributed by atoms with Gasteiger partial charge in [-0.05, 0) is 37.3 Å². The fraction of sp³-hybridized carbons (Fsp3) is 0.632. The fourth-order valence-corrected chi connectivity index (χ4v) is 3.94. The SMILES string of the molecule is CC[C@H]1C[C@@H](O)CC2(CCN(C(=O)Cc3ccc(F)cc3F)CC2)O1. The topological polar surface area (TPSA) is 49.8 Å². The molecule has 2 saturated heterocycles. The number of piperidine rings is 1. The maximum atomic E-state index is 13.7. The summed E-state index contributed by atoms with van der Waals surface area (Å²) in [5.74, 6) is -1.50. The minimum absolute atomic E-state index is 0.0688. The van der Waals surface area contributed by atoms with Crippen LogP contribution in [-0.4, -0.2) is 46.8 Å². The fourth-order valence-electron chi connectivity index (χ4n) is 3.94. The van der Waals surface area contributed by atoms with E-state index in [2.05, 4.69) is 0 Å².